The van der Waals surface area contributed by atoms with E-state index in [2.05, 4.69) is 0 Å². The van der Waals surface area contributed by atoms with E-state index < -0.39 is 16.0 Å². The molecule has 0 aliphatic heterocycles. The van der Waals surface area contributed by atoms with Crippen LogP contribution in [0.4, 0.5) is 5.69 Å². The second-order valence-electron chi connectivity index (χ2n) is 8.08. The van der Waals surface area contributed by atoms with Gasteiger partial charge in [0, 0.05) is 12.6 Å². The number of hydrogen-bond acceptors (Lipinski definition) is 5. The molecule has 0 fully saturated rings. The molecule has 0 heterocycles. The van der Waals surface area contributed by atoms with E-state index in [1.807, 2.05) is 31.2 Å². The fourth-order valence-electron chi connectivity index (χ4n) is 3.83. The average molecular weight is 498 g/mol. The molecule has 8 heteroatoms. The van der Waals surface area contributed by atoms with Crippen molar-refractivity contribution in [1.82, 2.24) is 0 Å². The van der Waals surface area contributed by atoms with E-state index in [9.17, 15) is 13.2 Å². The van der Waals surface area contributed by atoms with Crippen LogP contribution in [0, 0.1) is 0 Å². The zero-order valence-electron chi connectivity index (χ0n) is 20.2. The van der Waals surface area contributed by atoms with Crippen molar-refractivity contribution in [1.29, 1.82) is 0 Å². The summed E-state index contributed by atoms with van der Waals surface area (Å²) < 4.78 is 40.0. The van der Waals surface area contributed by atoms with Gasteiger partial charge in [0.1, 0.15) is 16.4 Å². The number of unbranched alkanes of at least 4 members (excludes halogenated alkanes) is 1. The monoisotopic (exact) mass is 497 g/mol. The van der Waals surface area contributed by atoms with Crippen LogP contribution in [0.15, 0.2) is 71.6 Å². The number of carbonyl (C=O) groups is 1. The Balaban J connectivity index is 1.99. The van der Waals surface area contributed by atoms with Gasteiger partial charge in [0.15, 0.2) is 0 Å². The number of carboxylic acid groups (broad SMARTS) is 1. The zero-order chi connectivity index (χ0) is 25.4. The van der Waals surface area contributed by atoms with Gasteiger partial charge in [-0.2, -0.15) is 0 Å². The molecule has 35 heavy (non-hydrogen) atoms. The number of anilines is 1. The Morgan fingerprint density at radius 3 is 2.29 bits per heavy atom. The van der Waals surface area contributed by atoms with E-state index in [1.165, 1.54) is 24.6 Å². The molecule has 7 nitrogen and oxygen atoms in total. The number of hydrogen-bond donors (Lipinski definition) is 1. The highest BCUT2D eigenvalue weighted by Gasteiger charge is 2.29. The van der Waals surface area contributed by atoms with Gasteiger partial charge in [-0.05, 0) is 60.7 Å². The Labute approximate surface area is 207 Å². The molecule has 0 atom stereocenters. The lowest BCUT2D eigenvalue weighted by Crippen LogP contribution is -2.33. The fourth-order valence-corrected chi connectivity index (χ4v) is 5.55. The van der Waals surface area contributed by atoms with Crippen LogP contribution < -0.4 is 13.8 Å². The van der Waals surface area contributed by atoms with E-state index in [4.69, 9.17) is 14.6 Å². The van der Waals surface area contributed by atoms with Crippen molar-refractivity contribution >= 4 is 21.7 Å². The highest BCUT2D eigenvalue weighted by molar-refractivity contribution is 7.93. The maximum atomic E-state index is 13.9. The summed E-state index contributed by atoms with van der Waals surface area (Å²) >= 11 is 0. The van der Waals surface area contributed by atoms with Crippen molar-refractivity contribution in [2.45, 2.75) is 37.5 Å². The highest BCUT2D eigenvalue weighted by Crippen LogP contribution is 2.34. The molecule has 1 N–H and O–H groups in total. The summed E-state index contributed by atoms with van der Waals surface area (Å²) in [6.45, 7) is 2.34. The molecular formula is C27H31NO6S. The standard InChI is InChI=1S/C27H31NO6S/c1-4-5-18-28(35(31,32)26-19-23(33-2)16-17-25(26)34-3)24-9-7-6-8-21(24)13-10-20-11-14-22(15-12-20)27(29)30/h6-9,11-12,14-17,19H,4-5,10,13,18H2,1-3H3,(H,29,30). The number of aryl methyl sites for hydroxylation is 2. The van der Waals surface area contributed by atoms with Crippen molar-refractivity contribution in [2.24, 2.45) is 0 Å². The van der Waals surface area contributed by atoms with Gasteiger partial charge in [-0.15, -0.1) is 0 Å². The van der Waals surface area contributed by atoms with Crippen LogP contribution in [-0.2, 0) is 22.9 Å². The molecule has 3 aromatic rings. The van der Waals surface area contributed by atoms with Gasteiger partial charge in [0.2, 0.25) is 0 Å². The lowest BCUT2D eigenvalue weighted by atomic mass is 10.0. The third kappa shape index (κ3) is 6.14. The minimum atomic E-state index is -3.96. The molecule has 0 saturated heterocycles. The first-order valence-electron chi connectivity index (χ1n) is 11.5. The smallest absolute Gasteiger partial charge is 0.335 e. The normalized spacial score (nSPS) is 11.2. The molecule has 0 spiro atoms. The summed E-state index contributed by atoms with van der Waals surface area (Å²) in [6, 6.07) is 19.0. The van der Waals surface area contributed by atoms with Crippen molar-refractivity contribution in [3.8, 4) is 11.5 Å². The van der Waals surface area contributed by atoms with Crippen molar-refractivity contribution in [2.75, 3.05) is 25.1 Å². The molecule has 0 unspecified atom stereocenters. The molecular weight excluding hydrogens is 466 g/mol. The second-order valence-corrected chi connectivity index (χ2v) is 9.91. The number of ether oxygens (including phenoxy) is 2. The number of aromatic carboxylic acids is 1. The molecule has 3 aromatic carbocycles. The minimum absolute atomic E-state index is 0.0505. The summed E-state index contributed by atoms with van der Waals surface area (Å²) in [4.78, 5) is 11.2. The molecule has 0 aliphatic rings. The summed E-state index contributed by atoms with van der Waals surface area (Å²) in [5.74, 6) is -0.284. The quantitative estimate of drug-likeness (QED) is 0.371. The second kappa shape index (κ2) is 11.8. The van der Waals surface area contributed by atoms with Gasteiger partial charge in [0.05, 0.1) is 25.5 Å². The van der Waals surface area contributed by atoms with Gasteiger partial charge < -0.3 is 14.6 Å². The number of para-hydroxylation sites is 1. The van der Waals surface area contributed by atoms with Gasteiger partial charge in [-0.25, -0.2) is 13.2 Å². The largest absolute Gasteiger partial charge is 0.497 e. The van der Waals surface area contributed by atoms with Crippen molar-refractivity contribution in [3.05, 3.63) is 83.4 Å². The summed E-state index contributed by atoms with van der Waals surface area (Å²) in [7, 11) is -1.02. The molecule has 3 rings (SSSR count). The molecule has 0 aliphatic carbocycles. The summed E-state index contributed by atoms with van der Waals surface area (Å²) in [5, 5.41) is 9.11. The third-order valence-electron chi connectivity index (χ3n) is 5.80. The lowest BCUT2D eigenvalue weighted by Gasteiger charge is -2.27. The van der Waals surface area contributed by atoms with Crippen LogP contribution in [-0.4, -0.2) is 40.3 Å². The van der Waals surface area contributed by atoms with E-state index in [0.717, 1.165) is 17.5 Å². The van der Waals surface area contributed by atoms with Crippen LogP contribution in [0.1, 0.15) is 41.3 Å². The van der Waals surface area contributed by atoms with E-state index in [1.54, 1.807) is 36.4 Å². The van der Waals surface area contributed by atoms with Crippen LogP contribution in [0.5, 0.6) is 11.5 Å². The fraction of sp³-hybridized carbons (Fsp3) is 0.296. The SMILES string of the molecule is CCCCN(c1ccccc1CCc1ccc(C(=O)O)cc1)S(=O)(=O)c1cc(OC)ccc1OC. The van der Waals surface area contributed by atoms with Gasteiger partial charge in [0.25, 0.3) is 10.0 Å². The lowest BCUT2D eigenvalue weighted by molar-refractivity contribution is 0.0697. The Bertz CT molecular complexity index is 1250. The number of rotatable bonds is 12. The number of methoxy groups -OCH3 is 2. The molecule has 0 saturated carbocycles. The Kier molecular flexibility index (Phi) is 8.76. The Hall–Kier alpha value is -3.52. The van der Waals surface area contributed by atoms with Gasteiger partial charge >= 0.3 is 5.97 Å². The van der Waals surface area contributed by atoms with Gasteiger partial charge in [-0.3, -0.25) is 4.31 Å². The van der Waals surface area contributed by atoms with E-state index in [0.29, 0.717) is 37.2 Å². The number of carboxylic acids is 1. The van der Waals surface area contributed by atoms with Crippen LogP contribution >= 0.6 is 0 Å². The minimum Gasteiger partial charge on any atom is -0.497 e. The van der Waals surface area contributed by atoms with Crippen LogP contribution in [0.25, 0.3) is 0 Å². The number of nitrogens with zero attached hydrogens (tertiary/aromatic N) is 1. The van der Waals surface area contributed by atoms with E-state index >= 15 is 0 Å². The number of sulfonamides is 1. The van der Waals surface area contributed by atoms with Crippen molar-refractivity contribution in [3.63, 3.8) is 0 Å². The highest BCUT2D eigenvalue weighted by atomic mass is 32.2. The van der Waals surface area contributed by atoms with Crippen LogP contribution in [0.3, 0.4) is 0 Å². The zero-order valence-corrected chi connectivity index (χ0v) is 21.0. The third-order valence-corrected chi connectivity index (χ3v) is 7.63. The van der Waals surface area contributed by atoms with Crippen molar-refractivity contribution < 1.29 is 27.8 Å². The molecule has 0 bridgehead atoms. The molecule has 0 radical (unpaired) electrons. The molecule has 0 amide bonds. The summed E-state index contributed by atoms with van der Waals surface area (Å²) in [5.41, 5.74) is 2.71. The first kappa shape index (κ1) is 26.1. The average Bonchev–Trinajstić information content (AvgIpc) is 2.88. The molecule has 0 aromatic heterocycles. The maximum Gasteiger partial charge on any atom is 0.335 e. The first-order valence-corrected chi connectivity index (χ1v) is 12.9. The Morgan fingerprint density at radius 2 is 1.66 bits per heavy atom. The van der Waals surface area contributed by atoms with Gasteiger partial charge in [-0.1, -0.05) is 43.7 Å². The predicted molar refractivity (Wildman–Crippen MR) is 136 cm³/mol. The topological polar surface area (TPSA) is 93.1 Å². The molecule has 186 valence electrons. The number of benzene rings is 3. The summed E-state index contributed by atoms with van der Waals surface area (Å²) in [6.07, 6.45) is 2.76. The first-order chi connectivity index (χ1) is 16.8. The predicted octanol–water partition coefficient (Wildman–Crippen LogP) is 5.18. The van der Waals surface area contributed by atoms with Crippen LogP contribution in [0.2, 0.25) is 0 Å². The van der Waals surface area contributed by atoms with E-state index in [-0.39, 0.29) is 16.2 Å². The maximum absolute atomic E-state index is 13.9. The Morgan fingerprint density at radius 1 is 0.943 bits per heavy atom.